The van der Waals surface area contributed by atoms with Crippen molar-refractivity contribution in [3.05, 3.63) is 23.8 Å². The van der Waals surface area contributed by atoms with Crippen LogP contribution in [-0.4, -0.2) is 18.3 Å². The molecule has 0 atom stereocenters. The fourth-order valence-corrected chi connectivity index (χ4v) is 0.359. The molecule has 0 amide bonds. The van der Waals surface area contributed by atoms with Gasteiger partial charge in [0.25, 0.3) is 0 Å². The van der Waals surface area contributed by atoms with E-state index < -0.39 is 0 Å². The van der Waals surface area contributed by atoms with Crippen molar-refractivity contribution in [1.82, 2.24) is 0 Å². The molecule has 0 bridgehead atoms. The van der Waals surface area contributed by atoms with Gasteiger partial charge in [-0.3, -0.25) is 0 Å². The summed E-state index contributed by atoms with van der Waals surface area (Å²) in [5, 5.41) is 7.75. The summed E-state index contributed by atoms with van der Waals surface area (Å²) in [6, 6.07) is 0. The van der Waals surface area contributed by atoms with Crippen molar-refractivity contribution in [3.8, 4) is 0 Å². The SMILES string of the molecule is C/C=C\C(C)=C/C.CC.NCCO. The van der Waals surface area contributed by atoms with Crippen LogP contribution in [0.3, 0.4) is 0 Å². The van der Waals surface area contributed by atoms with Gasteiger partial charge in [-0.25, -0.2) is 0 Å². The van der Waals surface area contributed by atoms with Crippen molar-refractivity contribution in [2.24, 2.45) is 5.73 Å². The van der Waals surface area contributed by atoms with Gasteiger partial charge in [0.1, 0.15) is 0 Å². The largest absolute Gasteiger partial charge is 0.395 e. The zero-order valence-corrected chi connectivity index (χ0v) is 9.67. The molecule has 0 radical (unpaired) electrons. The number of allylic oxidation sites excluding steroid dienone is 4. The van der Waals surface area contributed by atoms with Crippen LogP contribution in [0.4, 0.5) is 0 Å². The second-order valence-electron chi connectivity index (χ2n) is 2.04. The van der Waals surface area contributed by atoms with E-state index in [0.717, 1.165) is 0 Å². The predicted molar refractivity (Wildman–Crippen MR) is 61.7 cm³/mol. The molecule has 0 aliphatic carbocycles. The minimum atomic E-state index is 0.0972. The summed E-state index contributed by atoms with van der Waals surface area (Å²) in [5.41, 5.74) is 6.10. The van der Waals surface area contributed by atoms with Crippen molar-refractivity contribution in [1.29, 1.82) is 0 Å². The highest BCUT2D eigenvalue weighted by Crippen LogP contribution is 1.91. The predicted octanol–water partition coefficient (Wildman–Crippen LogP) is 2.49. The molecule has 0 aliphatic rings. The smallest absolute Gasteiger partial charge is 0.0553 e. The van der Waals surface area contributed by atoms with Gasteiger partial charge < -0.3 is 10.8 Å². The number of nitrogens with two attached hydrogens (primary N) is 1. The van der Waals surface area contributed by atoms with Gasteiger partial charge >= 0.3 is 0 Å². The van der Waals surface area contributed by atoms with Gasteiger partial charge in [-0.1, -0.05) is 37.6 Å². The minimum Gasteiger partial charge on any atom is -0.395 e. The molecule has 0 fully saturated rings. The Labute approximate surface area is 83.2 Å². The van der Waals surface area contributed by atoms with Crippen LogP contribution in [-0.2, 0) is 0 Å². The van der Waals surface area contributed by atoms with Crippen molar-refractivity contribution in [2.75, 3.05) is 13.2 Å². The maximum Gasteiger partial charge on any atom is 0.0553 e. The Kier molecular flexibility index (Phi) is 31.6. The second kappa shape index (κ2) is 22.5. The standard InChI is InChI=1S/C7H12.C2H7NO.C2H6/c1-4-6-7(3)5-2;3-1-2-4;1-2/h4-6H,1-3H3;4H,1-3H2;1-2H3/b6-4-,7-5-;;. The molecule has 0 aromatic rings. The Morgan fingerprint density at radius 3 is 1.77 bits per heavy atom. The molecule has 2 nitrogen and oxygen atoms in total. The molecule has 0 aromatic heterocycles. The lowest BCUT2D eigenvalue weighted by Gasteiger charge is -1.81. The maximum absolute atomic E-state index is 7.75. The van der Waals surface area contributed by atoms with Gasteiger partial charge in [0.2, 0.25) is 0 Å². The van der Waals surface area contributed by atoms with E-state index in [1.165, 1.54) is 5.57 Å². The van der Waals surface area contributed by atoms with Crippen molar-refractivity contribution < 1.29 is 5.11 Å². The van der Waals surface area contributed by atoms with Crippen LogP contribution in [0.5, 0.6) is 0 Å². The normalized spacial score (nSPS) is 9.92. The molecule has 0 aliphatic heterocycles. The lowest BCUT2D eigenvalue weighted by Crippen LogP contribution is -2.02. The Morgan fingerprint density at radius 1 is 1.31 bits per heavy atom. The summed E-state index contributed by atoms with van der Waals surface area (Å²) in [4.78, 5) is 0. The zero-order valence-electron chi connectivity index (χ0n) is 9.67. The molecule has 13 heavy (non-hydrogen) atoms. The van der Waals surface area contributed by atoms with Gasteiger partial charge in [0, 0.05) is 6.54 Å². The van der Waals surface area contributed by atoms with Crippen molar-refractivity contribution in [2.45, 2.75) is 34.6 Å². The molecule has 80 valence electrons. The van der Waals surface area contributed by atoms with E-state index in [1.807, 2.05) is 33.8 Å². The quantitative estimate of drug-likeness (QED) is 0.652. The van der Waals surface area contributed by atoms with E-state index in [2.05, 4.69) is 19.1 Å². The van der Waals surface area contributed by atoms with E-state index in [-0.39, 0.29) is 6.61 Å². The highest BCUT2D eigenvalue weighted by atomic mass is 16.3. The highest BCUT2D eigenvalue weighted by Gasteiger charge is 1.69. The van der Waals surface area contributed by atoms with Crippen LogP contribution in [0.2, 0.25) is 0 Å². The summed E-state index contributed by atoms with van der Waals surface area (Å²) in [6.07, 6.45) is 6.20. The topological polar surface area (TPSA) is 46.2 Å². The molecule has 0 aromatic carbocycles. The molecule has 0 saturated heterocycles. The Morgan fingerprint density at radius 2 is 1.69 bits per heavy atom. The number of aliphatic hydroxyl groups excluding tert-OH is 1. The van der Waals surface area contributed by atoms with Gasteiger partial charge in [0.05, 0.1) is 6.61 Å². The first-order valence-corrected chi connectivity index (χ1v) is 4.79. The minimum absolute atomic E-state index is 0.0972. The summed E-state index contributed by atoms with van der Waals surface area (Å²) in [6.45, 7) is 10.6. The highest BCUT2D eigenvalue weighted by molar-refractivity contribution is 5.13. The van der Waals surface area contributed by atoms with Gasteiger partial charge in [-0.15, -0.1) is 0 Å². The molecule has 0 heterocycles. The average Bonchev–Trinajstić information content (AvgIpc) is 2.21. The van der Waals surface area contributed by atoms with Gasteiger partial charge in [0.15, 0.2) is 0 Å². The second-order valence-corrected chi connectivity index (χ2v) is 2.04. The Hall–Kier alpha value is -0.600. The average molecular weight is 187 g/mol. The molecule has 0 rings (SSSR count). The van der Waals surface area contributed by atoms with E-state index in [9.17, 15) is 0 Å². The van der Waals surface area contributed by atoms with Gasteiger partial charge in [-0.2, -0.15) is 0 Å². The summed E-state index contributed by atoms with van der Waals surface area (Å²) < 4.78 is 0. The Balaban J connectivity index is -0.000000142. The van der Waals surface area contributed by atoms with Crippen LogP contribution in [0, 0.1) is 0 Å². The third kappa shape index (κ3) is 34.5. The maximum atomic E-state index is 7.75. The van der Waals surface area contributed by atoms with Crippen LogP contribution < -0.4 is 5.73 Å². The molecule has 3 N–H and O–H groups in total. The fraction of sp³-hybridized carbons (Fsp3) is 0.636. The van der Waals surface area contributed by atoms with Crippen molar-refractivity contribution >= 4 is 0 Å². The number of hydrogen-bond donors (Lipinski definition) is 2. The van der Waals surface area contributed by atoms with E-state index in [1.54, 1.807) is 0 Å². The first-order chi connectivity index (χ1) is 6.22. The number of aliphatic hydroxyl groups is 1. The summed E-state index contributed by atoms with van der Waals surface area (Å²) in [5.74, 6) is 0. The number of rotatable bonds is 2. The van der Waals surface area contributed by atoms with Crippen molar-refractivity contribution in [3.63, 3.8) is 0 Å². The lowest BCUT2D eigenvalue weighted by molar-refractivity contribution is 0.306. The fourth-order valence-electron chi connectivity index (χ4n) is 0.359. The first kappa shape index (κ1) is 18.2. The van der Waals surface area contributed by atoms with Crippen LogP contribution in [0.25, 0.3) is 0 Å². The number of hydrogen-bond acceptors (Lipinski definition) is 2. The lowest BCUT2D eigenvalue weighted by atomic mass is 10.3. The van der Waals surface area contributed by atoms with Crippen LogP contribution in [0.15, 0.2) is 23.8 Å². The van der Waals surface area contributed by atoms with Gasteiger partial charge in [-0.05, 0) is 20.8 Å². The Bertz CT molecular complexity index is 115. The summed E-state index contributed by atoms with van der Waals surface area (Å²) in [7, 11) is 0. The third-order valence-electron chi connectivity index (χ3n) is 1.01. The van der Waals surface area contributed by atoms with E-state index >= 15 is 0 Å². The van der Waals surface area contributed by atoms with Crippen LogP contribution >= 0.6 is 0 Å². The molecule has 0 spiro atoms. The molecular formula is C11H25NO. The van der Waals surface area contributed by atoms with Crippen LogP contribution in [0.1, 0.15) is 34.6 Å². The first-order valence-electron chi connectivity index (χ1n) is 4.79. The zero-order chi connectivity index (χ0) is 11.1. The molecular weight excluding hydrogens is 162 g/mol. The molecule has 2 heteroatoms. The third-order valence-corrected chi connectivity index (χ3v) is 1.01. The molecule has 0 saturated carbocycles. The monoisotopic (exact) mass is 187 g/mol. The summed E-state index contributed by atoms with van der Waals surface area (Å²) >= 11 is 0. The molecule has 0 unspecified atom stereocenters. The van der Waals surface area contributed by atoms with E-state index in [4.69, 9.17) is 10.8 Å². The van der Waals surface area contributed by atoms with E-state index in [0.29, 0.717) is 6.54 Å².